The number of hydrogen-bond acceptors (Lipinski definition) is 5. The highest BCUT2D eigenvalue weighted by Crippen LogP contribution is 2.23. The van der Waals surface area contributed by atoms with Gasteiger partial charge in [0.2, 0.25) is 0 Å². The Morgan fingerprint density at radius 2 is 1.70 bits per heavy atom. The molecule has 1 N–H and O–H groups in total. The summed E-state index contributed by atoms with van der Waals surface area (Å²) < 4.78 is 10.4. The Bertz CT molecular complexity index is 968. The smallest absolute Gasteiger partial charge is 0.407 e. The van der Waals surface area contributed by atoms with E-state index >= 15 is 0 Å². The second kappa shape index (κ2) is 11.7. The Hall–Kier alpha value is -3.06. The lowest BCUT2D eigenvalue weighted by Crippen LogP contribution is -2.41. The van der Waals surface area contributed by atoms with Crippen LogP contribution in [0.1, 0.15) is 32.8 Å². The Morgan fingerprint density at radius 1 is 1.03 bits per heavy atom. The largest absolute Gasteiger partial charge is 0.456 e. The lowest BCUT2D eigenvalue weighted by atomic mass is 9.99. The number of amides is 2. The summed E-state index contributed by atoms with van der Waals surface area (Å²) in [6.07, 6.45) is -0.345. The highest BCUT2D eigenvalue weighted by Gasteiger charge is 2.23. The molecule has 0 saturated heterocycles. The van der Waals surface area contributed by atoms with E-state index in [1.807, 2.05) is 48.5 Å². The van der Waals surface area contributed by atoms with Crippen molar-refractivity contribution < 1.29 is 23.9 Å². The van der Waals surface area contributed by atoms with Crippen LogP contribution in [0.5, 0.6) is 0 Å². The zero-order chi connectivity index (χ0) is 24.6. The van der Waals surface area contributed by atoms with Crippen LogP contribution in [0.2, 0.25) is 5.02 Å². The lowest BCUT2D eigenvalue weighted by Gasteiger charge is -2.23. The summed E-state index contributed by atoms with van der Waals surface area (Å²) in [4.78, 5) is 37.6. The van der Waals surface area contributed by atoms with Crippen molar-refractivity contribution in [2.45, 2.75) is 45.3 Å². The third-order valence-corrected chi connectivity index (χ3v) is 4.82. The van der Waals surface area contributed by atoms with Crippen molar-refractivity contribution in [2.75, 3.05) is 20.7 Å². The number of carbonyl (C=O) groups excluding carboxylic acids is 3. The molecular formula is C25H31ClN2O5. The molecule has 0 heterocycles. The maximum absolute atomic E-state index is 12.3. The first-order valence-corrected chi connectivity index (χ1v) is 11.0. The molecule has 0 spiro atoms. The molecule has 8 heteroatoms. The predicted molar refractivity (Wildman–Crippen MR) is 128 cm³/mol. The monoisotopic (exact) mass is 474 g/mol. The number of benzene rings is 2. The standard InChI is InChI=1S/C25H31ClN2O5/c1-25(2,3)33-24(31)27-21(15-23(30)32-16-22(29)28(4)5)13-17-9-11-18(12-10-17)19-7-6-8-20(26)14-19/h6-12,14,21H,13,15-16H2,1-5H3,(H,27,31). The van der Waals surface area contributed by atoms with Crippen molar-refractivity contribution in [3.8, 4) is 11.1 Å². The number of halogens is 1. The van der Waals surface area contributed by atoms with Crippen LogP contribution in [0.15, 0.2) is 48.5 Å². The first kappa shape index (κ1) is 26.2. The van der Waals surface area contributed by atoms with Crippen LogP contribution in [0, 0.1) is 0 Å². The molecule has 7 nitrogen and oxygen atoms in total. The summed E-state index contributed by atoms with van der Waals surface area (Å²) in [7, 11) is 3.16. The quantitative estimate of drug-likeness (QED) is 0.571. The fourth-order valence-electron chi connectivity index (χ4n) is 2.97. The Balaban J connectivity index is 2.09. The number of hydrogen-bond donors (Lipinski definition) is 1. The molecule has 0 aromatic heterocycles. The van der Waals surface area contributed by atoms with Gasteiger partial charge in [-0.05, 0) is 56.0 Å². The van der Waals surface area contributed by atoms with Crippen LogP contribution in [-0.2, 0) is 25.5 Å². The van der Waals surface area contributed by atoms with Gasteiger partial charge in [0, 0.05) is 25.2 Å². The number of alkyl carbamates (subject to hydrolysis) is 1. The summed E-state index contributed by atoms with van der Waals surface area (Å²) in [5.74, 6) is -0.904. The number of nitrogens with one attached hydrogen (secondary N) is 1. The molecule has 0 aliphatic carbocycles. The van der Waals surface area contributed by atoms with E-state index in [4.69, 9.17) is 21.1 Å². The van der Waals surface area contributed by atoms with E-state index in [1.165, 1.54) is 4.90 Å². The second-order valence-electron chi connectivity index (χ2n) is 8.91. The third-order valence-electron chi connectivity index (χ3n) is 4.58. The van der Waals surface area contributed by atoms with E-state index in [0.717, 1.165) is 16.7 Å². The summed E-state index contributed by atoms with van der Waals surface area (Å²) >= 11 is 6.08. The minimum absolute atomic E-state index is 0.101. The third kappa shape index (κ3) is 9.53. The fourth-order valence-corrected chi connectivity index (χ4v) is 3.16. The highest BCUT2D eigenvalue weighted by atomic mass is 35.5. The molecular weight excluding hydrogens is 444 g/mol. The number of esters is 1. The molecule has 2 amide bonds. The molecule has 0 aliphatic heterocycles. The van der Waals surface area contributed by atoms with E-state index in [9.17, 15) is 14.4 Å². The zero-order valence-electron chi connectivity index (χ0n) is 19.7. The SMILES string of the molecule is CN(C)C(=O)COC(=O)CC(Cc1ccc(-c2cccc(Cl)c2)cc1)NC(=O)OC(C)(C)C. The van der Waals surface area contributed by atoms with E-state index < -0.39 is 23.7 Å². The summed E-state index contributed by atoms with van der Waals surface area (Å²) in [5, 5.41) is 3.40. The van der Waals surface area contributed by atoms with Crippen molar-refractivity contribution >= 4 is 29.6 Å². The molecule has 0 bridgehead atoms. The van der Waals surface area contributed by atoms with Gasteiger partial charge >= 0.3 is 12.1 Å². The number of ether oxygens (including phenoxy) is 2. The van der Waals surface area contributed by atoms with Gasteiger partial charge < -0.3 is 19.7 Å². The second-order valence-corrected chi connectivity index (χ2v) is 9.34. The van der Waals surface area contributed by atoms with Crippen molar-refractivity contribution in [2.24, 2.45) is 0 Å². The maximum atomic E-state index is 12.3. The van der Waals surface area contributed by atoms with Crippen LogP contribution in [0.25, 0.3) is 11.1 Å². The summed E-state index contributed by atoms with van der Waals surface area (Å²) in [6, 6.07) is 14.8. The molecule has 0 radical (unpaired) electrons. The zero-order valence-corrected chi connectivity index (χ0v) is 20.4. The van der Waals surface area contributed by atoms with Crippen LogP contribution < -0.4 is 5.32 Å². The molecule has 0 fully saturated rings. The first-order chi connectivity index (χ1) is 15.4. The van der Waals surface area contributed by atoms with Crippen molar-refractivity contribution in [3.05, 3.63) is 59.1 Å². The van der Waals surface area contributed by atoms with Crippen LogP contribution >= 0.6 is 11.6 Å². The van der Waals surface area contributed by atoms with Gasteiger partial charge in [-0.1, -0.05) is 48.0 Å². The van der Waals surface area contributed by atoms with E-state index in [2.05, 4.69) is 5.32 Å². The normalized spacial score (nSPS) is 11.9. The van der Waals surface area contributed by atoms with E-state index in [1.54, 1.807) is 34.9 Å². The van der Waals surface area contributed by atoms with Gasteiger partial charge in [-0.2, -0.15) is 0 Å². The summed E-state index contributed by atoms with van der Waals surface area (Å²) in [5.41, 5.74) is 2.23. The van der Waals surface area contributed by atoms with Crippen LogP contribution in [0.3, 0.4) is 0 Å². The lowest BCUT2D eigenvalue weighted by molar-refractivity contribution is -0.151. The maximum Gasteiger partial charge on any atom is 0.407 e. The Kier molecular flexibility index (Phi) is 9.29. The molecule has 1 atom stereocenters. The molecule has 1 unspecified atom stereocenters. The number of carbonyl (C=O) groups is 3. The van der Waals surface area contributed by atoms with Crippen molar-refractivity contribution in [1.29, 1.82) is 0 Å². The molecule has 33 heavy (non-hydrogen) atoms. The van der Waals surface area contributed by atoms with E-state index in [0.29, 0.717) is 11.4 Å². The van der Waals surface area contributed by atoms with Gasteiger partial charge in [-0.3, -0.25) is 9.59 Å². The molecule has 0 aliphatic rings. The van der Waals surface area contributed by atoms with Crippen LogP contribution in [-0.4, -0.2) is 55.2 Å². The highest BCUT2D eigenvalue weighted by molar-refractivity contribution is 6.30. The van der Waals surface area contributed by atoms with Gasteiger partial charge in [-0.15, -0.1) is 0 Å². The molecule has 2 rings (SSSR count). The molecule has 0 saturated carbocycles. The van der Waals surface area contributed by atoms with Gasteiger partial charge in [0.15, 0.2) is 6.61 Å². The Morgan fingerprint density at radius 3 is 2.27 bits per heavy atom. The van der Waals surface area contributed by atoms with Gasteiger partial charge in [0.05, 0.1) is 6.42 Å². The molecule has 2 aromatic rings. The van der Waals surface area contributed by atoms with Gasteiger partial charge in [0.25, 0.3) is 5.91 Å². The minimum Gasteiger partial charge on any atom is -0.456 e. The fraction of sp³-hybridized carbons (Fsp3) is 0.400. The average molecular weight is 475 g/mol. The predicted octanol–water partition coefficient (Wildman–Crippen LogP) is 4.46. The average Bonchev–Trinajstić information content (AvgIpc) is 2.71. The number of nitrogens with zero attached hydrogens (tertiary/aromatic N) is 1. The van der Waals surface area contributed by atoms with Crippen molar-refractivity contribution in [1.82, 2.24) is 10.2 Å². The topological polar surface area (TPSA) is 84.9 Å². The van der Waals surface area contributed by atoms with Crippen molar-refractivity contribution in [3.63, 3.8) is 0 Å². The van der Waals surface area contributed by atoms with Gasteiger partial charge in [-0.25, -0.2) is 4.79 Å². The molecule has 2 aromatic carbocycles. The summed E-state index contributed by atoms with van der Waals surface area (Å²) in [6.45, 7) is 4.94. The van der Waals surface area contributed by atoms with Crippen LogP contribution in [0.4, 0.5) is 4.79 Å². The van der Waals surface area contributed by atoms with Gasteiger partial charge in [0.1, 0.15) is 5.60 Å². The first-order valence-electron chi connectivity index (χ1n) is 10.6. The Labute approximate surface area is 200 Å². The number of likely N-dealkylation sites (N-methyl/N-ethyl adjacent to an activating group) is 1. The number of rotatable bonds is 8. The van der Waals surface area contributed by atoms with E-state index in [-0.39, 0.29) is 18.9 Å². The minimum atomic E-state index is -0.675. The molecule has 178 valence electrons.